The topological polar surface area (TPSA) is 51.0 Å². The molecule has 0 fully saturated rings. The van der Waals surface area contributed by atoms with Crippen molar-refractivity contribution in [3.8, 4) is 5.75 Å². The second-order valence-corrected chi connectivity index (χ2v) is 4.75. The molecule has 0 bridgehead atoms. The minimum Gasteiger partial charge on any atom is -0.495 e. The molecule has 1 unspecified atom stereocenters. The number of para-hydroxylation sites is 1. The fourth-order valence-electron chi connectivity index (χ4n) is 2.83. The van der Waals surface area contributed by atoms with Crippen molar-refractivity contribution < 1.29 is 4.74 Å². The molecule has 1 aliphatic rings. The number of H-pyrrole nitrogens is 1. The molecule has 0 spiro atoms. The molecule has 3 heteroatoms. The van der Waals surface area contributed by atoms with Crippen molar-refractivity contribution in [1.29, 1.82) is 0 Å². The molecule has 1 heterocycles. The van der Waals surface area contributed by atoms with Crippen molar-refractivity contribution in [3.63, 3.8) is 0 Å². The van der Waals surface area contributed by atoms with E-state index in [4.69, 9.17) is 10.5 Å². The molecule has 17 heavy (non-hydrogen) atoms. The largest absolute Gasteiger partial charge is 0.495 e. The van der Waals surface area contributed by atoms with Crippen molar-refractivity contribution >= 4 is 10.9 Å². The van der Waals surface area contributed by atoms with E-state index in [9.17, 15) is 0 Å². The van der Waals surface area contributed by atoms with Crippen molar-refractivity contribution in [3.05, 3.63) is 29.5 Å². The summed E-state index contributed by atoms with van der Waals surface area (Å²) in [6.45, 7) is 0. The number of ether oxygens (including phenoxy) is 1. The molecule has 3 rings (SSSR count). The van der Waals surface area contributed by atoms with E-state index in [2.05, 4.69) is 11.1 Å². The normalized spacial score (nSPS) is 20.0. The molecule has 2 aromatic rings. The summed E-state index contributed by atoms with van der Waals surface area (Å²) in [6.07, 6.45) is 4.64. The summed E-state index contributed by atoms with van der Waals surface area (Å²) in [5.41, 5.74) is 9.93. The Labute approximate surface area is 101 Å². The third-order valence-corrected chi connectivity index (χ3v) is 3.72. The number of aryl methyl sites for hydroxylation is 1. The molecular formula is C14H18N2O. The van der Waals surface area contributed by atoms with Crippen LogP contribution in [-0.2, 0) is 6.42 Å². The summed E-state index contributed by atoms with van der Waals surface area (Å²) in [5, 5.41) is 1.27. The van der Waals surface area contributed by atoms with E-state index in [0.717, 1.165) is 24.1 Å². The number of nitrogens with two attached hydrogens (primary N) is 1. The third kappa shape index (κ3) is 1.62. The fraction of sp³-hybridized carbons (Fsp3) is 0.429. The first-order valence-corrected chi connectivity index (χ1v) is 6.24. The van der Waals surface area contributed by atoms with Crippen LogP contribution in [0.15, 0.2) is 18.2 Å². The Kier molecular flexibility index (Phi) is 2.56. The highest BCUT2D eigenvalue weighted by Crippen LogP contribution is 2.35. The maximum Gasteiger partial charge on any atom is 0.142 e. The second-order valence-electron chi connectivity index (χ2n) is 4.75. The fourth-order valence-corrected chi connectivity index (χ4v) is 2.83. The summed E-state index contributed by atoms with van der Waals surface area (Å²) in [5.74, 6) is 0.905. The molecule has 3 nitrogen and oxygen atoms in total. The number of hydrogen-bond acceptors (Lipinski definition) is 2. The van der Waals surface area contributed by atoms with Crippen molar-refractivity contribution in [1.82, 2.24) is 4.98 Å². The zero-order valence-corrected chi connectivity index (χ0v) is 10.1. The summed E-state index contributed by atoms with van der Waals surface area (Å²) >= 11 is 0. The molecule has 0 saturated carbocycles. The molecule has 1 aliphatic carbocycles. The highest BCUT2D eigenvalue weighted by molar-refractivity contribution is 5.89. The summed E-state index contributed by atoms with van der Waals surface area (Å²) in [6, 6.07) is 6.34. The Balaban J connectivity index is 2.26. The average molecular weight is 230 g/mol. The Morgan fingerprint density at radius 3 is 3.06 bits per heavy atom. The minimum absolute atomic E-state index is 0.143. The third-order valence-electron chi connectivity index (χ3n) is 3.72. The van der Waals surface area contributed by atoms with Gasteiger partial charge in [0.2, 0.25) is 0 Å². The zero-order valence-electron chi connectivity index (χ0n) is 10.1. The van der Waals surface area contributed by atoms with Gasteiger partial charge in [0.05, 0.1) is 12.6 Å². The van der Waals surface area contributed by atoms with Gasteiger partial charge >= 0.3 is 0 Å². The van der Waals surface area contributed by atoms with Crippen LogP contribution in [-0.4, -0.2) is 12.1 Å². The number of benzene rings is 1. The predicted molar refractivity (Wildman–Crippen MR) is 69.3 cm³/mol. The lowest BCUT2D eigenvalue weighted by molar-refractivity contribution is 0.419. The van der Waals surface area contributed by atoms with Gasteiger partial charge in [-0.05, 0) is 30.9 Å². The van der Waals surface area contributed by atoms with Gasteiger partial charge in [-0.25, -0.2) is 0 Å². The summed E-state index contributed by atoms with van der Waals surface area (Å²) < 4.78 is 5.40. The molecule has 0 aliphatic heterocycles. The van der Waals surface area contributed by atoms with Gasteiger partial charge in [-0.3, -0.25) is 0 Å². The van der Waals surface area contributed by atoms with Crippen LogP contribution in [0.25, 0.3) is 10.9 Å². The van der Waals surface area contributed by atoms with E-state index in [1.807, 2.05) is 12.1 Å². The maximum atomic E-state index is 6.23. The van der Waals surface area contributed by atoms with Crippen LogP contribution in [0.3, 0.4) is 0 Å². The highest BCUT2D eigenvalue weighted by atomic mass is 16.5. The van der Waals surface area contributed by atoms with Gasteiger partial charge in [0, 0.05) is 17.1 Å². The number of nitrogens with one attached hydrogen (secondary N) is 1. The van der Waals surface area contributed by atoms with Crippen molar-refractivity contribution in [2.45, 2.75) is 31.7 Å². The van der Waals surface area contributed by atoms with Gasteiger partial charge in [0.25, 0.3) is 0 Å². The van der Waals surface area contributed by atoms with Crippen LogP contribution in [0.5, 0.6) is 5.75 Å². The van der Waals surface area contributed by atoms with Crippen molar-refractivity contribution in [2.75, 3.05) is 7.11 Å². The number of fused-ring (bicyclic) bond motifs is 3. The number of hydrogen-bond donors (Lipinski definition) is 2. The second kappa shape index (κ2) is 4.08. The first-order valence-electron chi connectivity index (χ1n) is 6.24. The first kappa shape index (κ1) is 10.7. The Morgan fingerprint density at radius 1 is 1.35 bits per heavy atom. The molecule has 90 valence electrons. The Hall–Kier alpha value is -1.48. The monoisotopic (exact) mass is 230 g/mol. The van der Waals surface area contributed by atoms with Crippen LogP contribution in [0.1, 0.15) is 36.6 Å². The Bertz CT molecular complexity index is 544. The van der Waals surface area contributed by atoms with Gasteiger partial charge < -0.3 is 15.5 Å². The number of aromatic amines is 1. The lowest BCUT2D eigenvalue weighted by Gasteiger charge is -2.07. The molecule has 3 N–H and O–H groups in total. The van der Waals surface area contributed by atoms with E-state index < -0.39 is 0 Å². The summed E-state index contributed by atoms with van der Waals surface area (Å²) in [4.78, 5) is 3.48. The molecule has 0 saturated heterocycles. The molecule has 0 radical (unpaired) electrons. The quantitative estimate of drug-likeness (QED) is 0.740. The Morgan fingerprint density at radius 2 is 2.24 bits per heavy atom. The zero-order chi connectivity index (χ0) is 11.8. The first-order chi connectivity index (χ1) is 8.31. The highest BCUT2D eigenvalue weighted by Gasteiger charge is 2.20. The van der Waals surface area contributed by atoms with Gasteiger partial charge in [-0.1, -0.05) is 18.6 Å². The van der Waals surface area contributed by atoms with Crippen molar-refractivity contribution in [2.24, 2.45) is 5.73 Å². The average Bonchev–Trinajstić information content (AvgIpc) is 2.63. The smallest absolute Gasteiger partial charge is 0.142 e. The maximum absolute atomic E-state index is 6.23. The predicted octanol–water partition coefficient (Wildman–Crippen LogP) is 2.90. The molecule has 1 atom stereocenters. The van der Waals surface area contributed by atoms with Crippen LogP contribution in [0, 0.1) is 0 Å². The van der Waals surface area contributed by atoms with Crippen LogP contribution >= 0.6 is 0 Å². The standard InChI is InChI=1S/C14H18N2O/c1-17-12-8-4-6-10-9-5-2-3-7-11(15)13(9)16-14(10)12/h4,6,8,11,16H,2-3,5,7,15H2,1H3. The summed E-state index contributed by atoms with van der Waals surface area (Å²) in [7, 11) is 1.71. The van der Waals surface area contributed by atoms with Gasteiger partial charge in [-0.2, -0.15) is 0 Å². The van der Waals surface area contributed by atoms with Crippen LogP contribution in [0.2, 0.25) is 0 Å². The van der Waals surface area contributed by atoms with E-state index in [0.29, 0.717) is 0 Å². The number of rotatable bonds is 1. The van der Waals surface area contributed by atoms with E-state index in [-0.39, 0.29) is 6.04 Å². The van der Waals surface area contributed by atoms with E-state index in [1.165, 1.54) is 29.5 Å². The van der Waals surface area contributed by atoms with Gasteiger partial charge in [-0.15, -0.1) is 0 Å². The van der Waals surface area contributed by atoms with Crippen LogP contribution in [0.4, 0.5) is 0 Å². The SMILES string of the molecule is COc1cccc2c3c([nH]c12)C(N)CCCC3. The lowest BCUT2D eigenvalue weighted by Crippen LogP contribution is -2.10. The van der Waals surface area contributed by atoms with Gasteiger partial charge in [0.1, 0.15) is 5.75 Å². The van der Waals surface area contributed by atoms with E-state index in [1.54, 1.807) is 7.11 Å². The number of methoxy groups -OCH3 is 1. The van der Waals surface area contributed by atoms with E-state index >= 15 is 0 Å². The lowest BCUT2D eigenvalue weighted by atomic mass is 10.1. The molecule has 0 amide bonds. The van der Waals surface area contributed by atoms with Crippen LogP contribution < -0.4 is 10.5 Å². The molecular weight excluding hydrogens is 212 g/mol. The minimum atomic E-state index is 0.143. The number of aromatic nitrogens is 1. The molecule has 1 aromatic carbocycles. The van der Waals surface area contributed by atoms with Gasteiger partial charge in [0.15, 0.2) is 0 Å². The molecule has 1 aromatic heterocycles.